The van der Waals surface area contributed by atoms with Crippen molar-refractivity contribution in [2.24, 2.45) is 11.3 Å². The van der Waals surface area contributed by atoms with Crippen molar-refractivity contribution in [2.45, 2.75) is 57.1 Å². The third-order valence-corrected chi connectivity index (χ3v) is 8.28. The van der Waals surface area contributed by atoms with Gasteiger partial charge in [-0.3, -0.25) is 14.4 Å². The van der Waals surface area contributed by atoms with E-state index in [1.807, 2.05) is 36.6 Å². The fourth-order valence-electron chi connectivity index (χ4n) is 5.50. The molecule has 2 aromatic rings. The van der Waals surface area contributed by atoms with Crippen LogP contribution in [0, 0.1) is 11.3 Å². The van der Waals surface area contributed by atoms with Gasteiger partial charge in [0.05, 0.1) is 26.6 Å². The Balaban J connectivity index is 1.79. The van der Waals surface area contributed by atoms with Crippen molar-refractivity contribution in [1.82, 2.24) is 4.90 Å². The number of ether oxygens (including phenoxy) is 3. The molecule has 2 aliphatic heterocycles. The first kappa shape index (κ1) is 30.7. The second-order valence-corrected chi connectivity index (χ2v) is 12.6. The van der Waals surface area contributed by atoms with Crippen molar-refractivity contribution < 1.29 is 33.7 Å². The number of carboxylic acids is 1. The molecular formula is C31H40N2O7S. The summed E-state index contributed by atoms with van der Waals surface area (Å²) in [4.78, 5) is 43.6. The normalized spacial score (nSPS) is 19.9. The number of likely N-dealkylation sites (tertiary alicyclic amines) is 1. The smallest absolute Gasteiger partial charge is 0.306 e. The van der Waals surface area contributed by atoms with Gasteiger partial charge in [-0.25, -0.2) is 0 Å². The molecule has 2 atom stereocenters. The minimum atomic E-state index is -1.06. The molecule has 0 radical (unpaired) electrons. The number of rotatable bonds is 8. The second kappa shape index (κ2) is 12.7. The second-order valence-electron chi connectivity index (χ2n) is 11.7. The summed E-state index contributed by atoms with van der Waals surface area (Å²) < 4.78 is 18.0. The summed E-state index contributed by atoms with van der Waals surface area (Å²) in [6.45, 7) is 7.31. The van der Waals surface area contributed by atoms with Crippen molar-refractivity contribution in [3.05, 3.63) is 47.5 Å². The molecule has 1 N–H and O–H groups in total. The highest BCUT2D eigenvalue weighted by atomic mass is 32.2. The van der Waals surface area contributed by atoms with Gasteiger partial charge in [-0.05, 0) is 48.8 Å². The lowest BCUT2D eigenvalue weighted by Gasteiger charge is -2.33. The highest BCUT2D eigenvalue weighted by molar-refractivity contribution is 7.98. The summed E-state index contributed by atoms with van der Waals surface area (Å²) in [5, 5.41) is 9.36. The molecule has 1 fully saturated rings. The van der Waals surface area contributed by atoms with Gasteiger partial charge in [0.2, 0.25) is 5.91 Å². The number of para-hydroxylation sites is 1. The molecule has 222 valence electrons. The van der Waals surface area contributed by atoms with E-state index in [1.54, 1.807) is 41.8 Å². The van der Waals surface area contributed by atoms with E-state index in [-0.39, 0.29) is 23.7 Å². The summed E-state index contributed by atoms with van der Waals surface area (Å²) >= 11 is 1.59. The van der Waals surface area contributed by atoms with E-state index in [0.717, 1.165) is 16.1 Å². The third kappa shape index (κ3) is 6.81. The lowest BCUT2D eigenvalue weighted by Crippen LogP contribution is -2.47. The maximum Gasteiger partial charge on any atom is 0.306 e. The number of methoxy groups -OCH3 is 2. The third-order valence-electron chi connectivity index (χ3n) is 7.56. The van der Waals surface area contributed by atoms with Gasteiger partial charge in [0.25, 0.3) is 5.91 Å². The predicted molar refractivity (Wildman–Crippen MR) is 158 cm³/mol. The number of carbonyl (C=O) groups is 3. The number of carbonyl (C=O) groups excluding carboxylic acids is 2. The number of thioether (sulfide) groups is 1. The number of aliphatic carboxylic acids is 1. The Morgan fingerprint density at radius 1 is 1.07 bits per heavy atom. The van der Waals surface area contributed by atoms with Crippen LogP contribution in [-0.2, 0) is 19.1 Å². The molecule has 2 aromatic carbocycles. The van der Waals surface area contributed by atoms with E-state index in [2.05, 4.69) is 20.8 Å². The van der Waals surface area contributed by atoms with Gasteiger partial charge < -0.3 is 29.1 Å². The number of nitrogens with zero attached hydrogens (tertiary/aromatic N) is 2. The monoisotopic (exact) mass is 584 g/mol. The molecule has 0 aliphatic carbocycles. The van der Waals surface area contributed by atoms with Crippen LogP contribution in [0.1, 0.15) is 57.3 Å². The molecule has 41 heavy (non-hydrogen) atoms. The van der Waals surface area contributed by atoms with E-state index < -0.39 is 24.1 Å². The molecule has 9 nitrogen and oxygen atoms in total. The van der Waals surface area contributed by atoms with Crippen LogP contribution in [0.25, 0.3) is 0 Å². The summed E-state index contributed by atoms with van der Waals surface area (Å²) in [6, 6.07) is 11.5. The number of benzene rings is 2. The number of amides is 2. The molecular weight excluding hydrogens is 544 g/mol. The van der Waals surface area contributed by atoms with Gasteiger partial charge in [-0.1, -0.05) is 32.9 Å². The van der Waals surface area contributed by atoms with Crippen LogP contribution < -0.4 is 14.4 Å². The Kier molecular flexibility index (Phi) is 9.54. The fourth-order valence-corrected chi connectivity index (χ4v) is 5.95. The Hall–Kier alpha value is -3.24. The summed E-state index contributed by atoms with van der Waals surface area (Å²) in [7, 11) is 3.13. The molecule has 1 saturated heterocycles. The largest absolute Gasteiger partial charge is 0.493 e. The molecule has 2 heterocycles. The Morgan fingerprint density at radius 3 is 2.37 bits per heavy atom. The Bertz CT molecular complexity index is 1280. The van der Waals surface area contributed by atoms with Crippen molar-refractivity contribution in [3.63, 3.8) is 0 Å². The quantitative estimate of drug-likeness (QED) is 0.432. The van der Waals surface area contributed by atoms with Crippen molar-refractivity contribution in [1.29, 1.82) is 0 Å². The van der Waals surface area contributed by atoms with E-state index in [1.165, 1.54) is 0 Å². The van der Waals surface area contributed by atoms with Gasteiger partial charge >= 0.3 is 5.97 Å². The van der Waals surface area contributed by atoms with Crippen LogP contribution in [-0.4, -0.2) is 74.0 Å². The molecule has 2 aliphatic rings. The molecule has 2 amide bonds. The number of carboxylic acid groups (broad SMARTS) is 1. The number of anilines is 1. The van der Waals surface area contributed by atoms with Crippen molar-refractivity contribution in [3.8, 4) is 11.5 Å². The van der Waals surface area contributed by atoms with E-state index >= 15 is 0 Å². The molecule has 0 bridgehead atoms. The average Bonchev–Trinajstić information content (AvgIpc) is 3.06. The number of fused-ring (bicyclic) bond motifs is 1. The summed E-state index contributed by atoms with van der Waals surface area (Å²) in [6.07, 6.45) is 0.850. The van der Waals surface area contributed by atoms with Crippen LogP contribution in [0.2, 0.25) is 0 Å². The summed E-state index contributed by atoms with van der Waals surface area (Å²) in [5.41, 5.74) is 2.00. The molecule has 0 spiro atoms. The van der Waals surface area contributed by atoms with Crippen LogP contribution >= 0.6 is 11.8 Å². The maximum atomic E-state index is 14.2. The van der Waals surface area contributed by atoms with E-state index in [9.17, 15) is 19.5 Å². The molecule has 0 unspecified atom stereocenters. The standard InChI is InChI=1S/C31H40N2O7S/c1-31(2,3)18-33-23-11-10-20(41-6)16-22(23)27(21-8-7-9-24(38-4)28(21)39-5)40-25(29(33)35)17-26(34)32-14-12-19(13-15-32)30(36)37/h7-11,16,19,25,27H,12-15,17-18H2,1-6H3,(H,36,37)/t25-,27-/m0/s1. The lowest BCUT2D eigenvalue weighted by atomic mass is 9.94. The Labute approximate surface area is 246 Å². The highest BCUT2D eigenvalue weighted by Gasteiger charge is 2.41. The fraction of sp³-hybridized carbons (Fsp3) is 0.516. The van der Waals surface area contributed by atoms with Crippen LogP contribution in [0.3, 0.4) is 0 Å². The molecule has 0 aromatic heterocycles. The van der Waals surface area contributed by atoms with Crippen LogP contribution in [0.5, 0.6) is 11.5 Å². The van der Waals surface area contributed by atoms with E-state index in [4.69, 9.17) is 14.2 Å². The maximum absolute atomic E-state index is 14.2. The first-order valence-electron chi connectivity index (χ1n) is 13.8. The number of hydrogen-bond acceptors (Lipinski definition) is 7. The van der Waals surface area contributed by atoms with Gasteiger partial charge in [-0.15, -0.1) is 11.8 Å². The zero-order valence-corrected chi connectivity index (χ0v) is 25.5. The van der Waals surface area contributed by atoms with Crippen molar-refractivity contribution >= 4 is 35.2 Å². The van der Waals surface area contributed by atoms with Crippen LogP contribution in [0.4, 0.5) is 5.69 Å². The zero-order chi connectivity index (χ0) is 29.9. The Morgan fingerprint density at radius 2 is 1.78 bits per heavy atom. The van der Waals surface area contributed by atoms with E-state index in [0.29, 0.717) is 49.5 Å². The predicted octanol–water partition coefficient (Wildman–Crippen LogP) is 5.01. The lowest BCUT2D eigenvalue weighted by molar-refractivity contribution is -0.148. The van der Waals surface area contributed by atoms with Gasteiger partial charge in [0, 0.05) is 41.3 Å². The van der Waals surface area contributed by atoms with Crippen LogP contribution in [0.15, 0.2) is 41.3 Å². The van der Waals surface area contributed by atoms with Crippen molar-refractivity contribution in [2.75, 3.05) is 45.0 Å². The van der Waals surface area contributed by atoms with Gasteiger partial charge in [0.15, 0.2) is 11.5 Å². The molecule has 4 rings (SSSR count). The first-order valence-corrected chi connectivity index (χ1v) is 15.1. The summed E-state index contributed by atoms with van der Waals surface area (Å²) in [5.74, 6) is -0.770. The van der Waals surface area contributed by atoms with Gasteiger partial charge in [0.1, 0.15) is 12.2 Å². The SMILES string of the molecule is COc1cccc([C@@H]2O[C@@H](CC(=O)N3CCC(C(=O)O)CC3)C(=O)N(CC(C)(C)C)c3ccc(SC)cc32)c1OC. The topological polar surface area (TPSA) is 106 Å². The molecule has 0 saturated carbocycles. The zero-order valence-electron chi connectivity index (χ0n) is 24.6. The number of hydrogen-bond donors (Lipinski definition) is 1. The minimum absolute atomic E-state index is 0.149. The first-order chi connectivity index (χ1) is 19.5. The highest BCUT2D eigenvalue weighted by Crippen LogP contribution is 2.46. The van der Waals surface area contributed by atoms with Gasteiger partial charge in [-0.2, -0.15) is 0 Å². The molecule has 10 heteroatoms. The average molecular weight is 585 g/mol. The number of piperidine rings is 1. The minimum Gasteiger partial charge on any atom is -0.493 e.